The molecule has 35 heavy (non-hydrogen) atoms. The Morgan fingerprint density at radius 1 is 1.09 bits per heavy atom. The normalized spacial score (nSPS) is 13.6. The van der Waals surface area contributed by atoms with Crippen LogP contribution < -0.4 is 10.2 Å². The fourth-order valence-corrected chi connectivity index (χ4v) is 5.62. The number of carbonyl (C=O) groups excluding carboxylic acids is 2. The maximum atomic E-state index is 12.5. The Balaban J connectivity index is 1.60. The Bertz CT molecular complexity index is 1460. The Kier molecular flexibility index (Phi) is 6.33. The van der Waals surface area contributed by atoms with Gasteiger partial charge < -0.3 is 9.47 Å². The molecule has 8 nitrogen and oxygen atoms in total. The summed E-state index contributed by atoms with van der Waals surface area (Å²) in [5.74, 6) is 0.869. The SMILES string of the molecule is COCCOc1cccc(-c2sc3nc(-c4cccs4)nc(NN4C(=O)C=C(C)C4=O)c3c2C)c1. The first-order valence-corrected chi connectivity index (χ1v) is 12.6. The summed E-state index contributed by atoms with van der Waals surface area (Å²) in [6.07, 6.45) is 1.31. The molecule has 4 aromatic rings. The number of nitrogens with zero attached hydrogens (tertiary/aromatic N) is 3. The van der Waals surface area contributed by atoms with Crippen molar-refractivity contribution in [3.05, 3.63) is 59.0 Å². The summed E-state index contributed by atoms with van der Waals surface area (Å²) >= 11 is 3.06. The number of carbonyl (C=O) groups is 2. The van der Waals surface area contributed by atoms with Gasteiger partial charge in [-0.2, -0.15) is 5.01 Å². The number of methoxy groups -OCH3 is 1. The van der Waals surface area contributed by atoms with Crippen LogP contribution in [-0.2, 0) is 14.3 Å². The molecule has 1 aliphatic rings. The second-order valence-corrected chi connectivity index (χ2v) is 9.84. The quantitative estimate of drug-likeness (QED) is 0.264. The monoisotopic (exact) mass is 506 g/mol. The number of aryl methyl sites for hydroxylation is 1. The number of anilines is 1. The number of fused-ring (bicyclic) bond motifs is 1. The number of imide groups is 1. The van der Waals surface area contributed by atoms with Crippen molar-refractivity contribution in [2.24, 2.45) is 0 Å². The molecule has 0 bridgehead atoms. The maximum Gasteiger partial charge on any atom is 0.275 e. The van der Waals surface area contributed by atoms with Gasteiger partial charge in [0.2, 0.25) is 0 Å². The van der Waals surface area contributed by atoms with Crippen LogP contribution in [0.25, 0.3) is 31.4 Å². The van der Waals surface area contributed by atoms with Gasteiger partial charge in [0.05, 0.1) is 16.9 Å². The van der Waals surface area contributed by atoms with E-state index in [0.717, 1.165) is 41.9 Å². The van der Waals surface area contributed by atoms with E-state index in [0.29, 0.717) is 30.4 Å². The molecule has 5 rings (SSSR count). The zero-order valence-corrected chi connectivity index (χ0v) is 21.0. The lowest BCUT2D eigenvalue weighted by Gasteiger charge is -2.17. The van der Waals surface area contributed by atoms with Gasteiger partial charge in [0, 0.05) is 23.6 Å². The van der Waals surface area contributed by atoms with Gasteiger partial charge in [0.15, 0.2) is 11.6 Å². The van der Waals surface area contributed by atoms with E-state index in [9.17, 15) is 9.59 Å². The maximum absolute atomic E-state index is 12.5. The second-order valence-electron chi connectivity index (χ2n) is 7.90. The van der Waals surface area contributed by atoms with Crippen molar-refractivity contribution in [3.63, 3.8) is 0 Å². The molecule has 3 aromatic heterocycles. The van der Waals surface area contributed by atoms with Crippen molar-refractivity contribution in [3.8, 4) is 26.9 Å². The summed E-state index contributed by atoms with van der Waals surface area (Å²) in [6, 6.07) is 11.7. The molecule has 1 N–H and O–H groups in total. The van der Waals surface area contributed by atoms with Gasteiger partial charge in [-0.3, -0.25) is 15.0 Å². The van der Waals surface area contributed by atoms with E-state index in [1.54, 1.807) is 14.0 Å². The van der Waals surface area contributed by atoms with E-state index < -0.39 is 11.8 Å². The summed E-state index contributed by atoms with van der Waals surface area (Å²) in [4.78, 5) is 37.2. The van der Waals surface area contributed by atoms with Crippen molar-refractivity contribution in [1.29, 1.82) is 0 Å². The third kappa shape index (κ3) is 4.43. The average Bonchev–Trinajstić information content (AvgIpc) is 3.55. The van der Waals surface area contributed by atoms with Gasteiger partial charge in [0.1, 0.15) is 17.2 Å². The van der Waals surface area contributed by atoms with Gasteiger partial charge >= 0.3 is 0 Å². The smallest absolute Gasteiger partial charge is 0.275 e. The number of aromatic nitrogens is 2. The van der Waals surface area contributed by atoms with E-state index in [2.05, 4.69) is 5.43 Å². The van der Waals surface area contributed by atoms with Gasteiger partial charge in [-0.1, -0.05) is 18.2 Å². The Labute approximate surface area is 209 Å². The Hall–Kier alpha value is -3.60. The highest BCUT2D eigenvalue weighted by Crippen LogP contribution is 2.42. The fraction of sp³-hybridized carbons (Fsp3) is 0.200. The van der Waals surface area contributed by atoms with E-state index in [-0.39, 0.29) is 0 Å². The molecule has 0 saturated carbocycles. The summed E-state index contributed by atoms with van der Waals surface area (Å²) in [5.41, 5.74) is 5.27. The molecule has 0 unspecified atom stereocenters. The number of hydrogen-bond donors (Lipinski definition) is 1. The van der Waals surface area contributed by atoms with Crippen LogP contribution >= 0.6 is 22.7 Å². The minimum Gasteiger partial charge on any atom is -0.491 e. The molecule has 0 saturated heterocycles. The van der Waals surface area contributed by atoms with E-state index >= 15 is 0 Å². The second kappa shape index (κ2) is 9.57. The summed E-state index contributed by atoms with van der Waals surface area (Å²) in [5, 5.41) is 3.72. The number of nitrogens with one attached hydrogen (secondary N) is 1. The molecule has 10 heteroatoms. The molecule has 1 aromatic carbocycles. The molecule has 2 amide bonds. The largest absolute Gasteiger partial charge is 0.491 e. The highest BCUT2D eigenvalue weighted by atomic mass is 32.1. The summed E-state index contributed by atoms with van der Waals surface area (Å²) < 4.78 is 10.9. The molecule has 1 aliphatic heterocycles. The van der Waals surface area contributed by atoms with Crippen LogP contribution in [0, 0.1) is 6.92 Å². The molecule has 4 heterocycles. The number of thiophene rings is 2. The molecule has 178 valence electrons. The van der Waals surface area contributed by atoms with Gasteiger partial charge in [-0.05, 0) is 48.6 Å². The highest BCUT2D eigenvalue weighted by Gasteiger charge is 2.30. The summed E-state index contributed by atoms with van der Waals surface area (Å²) in [7, 11) is 1.64. The van der Waals surface area contributed by atoms with Gasteiger partial charge in [-0.15, -0.1) is 22.7 Å². The Morgan fingerprint density at radius 3 is 2.66 bits per heavy atom. The zero-order valence-electron chi connectivity index (χ0n) is 19.3. The van der Waals surface area contributed by atoms with E-state index in [1.165, 1.54) is 28.7 Å². The van der Waals surface area contributed by atoms with Crippen LogP contribution in [0.5, 0.6) is 5.75 Å². The number of rotatable bonds is 8. The Morgan fingerprint density at radius 2 is 1.94 bits per heavy atom. The lowest BCUT2D eigenvalue weighted by atomic mass is 10.1. The van der Waals surface area contributed by atoms with Crippen molar-refractivity contribution < 1.29 is 19.1 Å². The number of amides is 2. The third-order valence-corrected chi connectivity index (χ3v) is 7.60. The average molecular weight is 507 g/mol. The first-order chi connectivity index (χ1) is 17.0. The molecular formula is C25H22N4O4S2. The van der Waals surface area contributed by atoms with Crippen LogP contribution in [0.4, 0.5) is 5.82 Å². The molecule has 0 atom stereocenters. The van der Waals surface area contributed by atoms with Crippen LogP contribution in [-0.4, -0.2) is 47.1 Å². The fourth-order valence-electron chi connectivity index (χ4n) is 3.78. The van der Waals surface area contributed by atoms with Crippen molar-refractivity contribution in [1.82, 2.24) is 15.0 Å². The lowest BCUT2D eigenvalue weighted by Crippen LogP contribution is -2.36. The number of hydrogen-bond acceptors (Lipinski definition) is 9. The minimum atomic E-state index is -0.425. The standard InChI is InChI=1S/C25H22N4O4S2/c1-14-12-19(30)29(25(14)31)28-23-20-15(2)21(16-6-4-7-17(13-16)33-10-9-32-3)35-24(20)27-22(26-23)18-8-5-11-34-18/h4-8,11-13H,9-10H2,1-3H3,(H,26,27,28). The topological polar surface area (TPSA) is 93.7 Å². The predicted molar refractivity (Wildman–Crippen MR) is 138 cm³/mol. The van der Waals surface area contributed by atoms with Crippen LogP contribution in [0.3, 0.4) is 0 Å². The van der Waals surface area contributed by atoms with Crippen LogP contribution in [0.2, 0.25) is 0 Å². The van der Waals surface area contributed by atoms with E-state index in [4.69, 9.17) is 19.4 Å². The van der Waals surface area contributed by atoms with Crippen molar-refractivity contribution in [2.75, 3.05) is 25.7 Å². The van der Waals surface area contributed by atoms with Crippen molar-refractivity contribution in [2.45, 2.75) is 13.8 Å². The first-order valence-electron chi connectivity index (χ1n) is 10.9. The molecule has 0 fully saturated rings. The predicted octanol–water partition coefficient (Wildman–Crippen LogP) is 5.06. The molecular weight excluding hydrogens is 484 g/mol. The number of ether oxygens (including phenoxy) is 2. The minimum absolute atomic E-state index is 0.374. The molecule has 0 spiro atoms. The summed E-state index contributed by atoms with van der Waals surface area (Å²) in [6.45, 7) is 4.57. The van der Waals surface area contributed by atoms with Crippen molar-refractivity contribution >= 4 is 50.5 Å². The first kappa shape index (κ1) is 23.2. The van der Waals surface area contributed by atoms with Crippen LogP contribution in [0.1, 0.15) is 12.5 Å². The van der Waals surface area contributed by atoms with Gasteiger partial charge in [-0.25, -0.2) is 9.97 Å². The molecule has 0 aliphatic carbocycles. The lowest BCUT2D eigenvalue weighted by molar-refractivity contribution is -0.135. The number of hydrazine groups is 1. The van der Waals surface area contributed by atoms with E-state index in [1.807, 2.05) is 48.7 Å². The molecule has 0 radical (unpaired) electrons. The highest BCUT2D eigenvalue weighted by molar-refractivity contribution is 7.22. The number of benzene rings is 1. The third-order valence-electron chi connectivity index (χ3n) is 5.50. The van der Waals surface area contributed by atoms with Crippen LogP contribution in [0.15, 0.2) is 53.4 Å². The zero-order chi connectivity index (χ0) is 24.5. The van der Waals surface area contributed by atoms with Gasteiger partial charge in [0.25, 0.3) is 11.8 Å².